The molecule has 0 radical (unpaired) electrons. The highest BCUT2D eigenvalue weighted by Crippen LogP contribution is 2.39. The Bertz CT molecular complexity index is 628. The monoisotopic (exact) mass is 370 g/mol. The van der Waals surface area contributed by atoms with Crippen LogP contribution >= 0.6 is 0 Å². The minimum absolute atomic E-state index is 0.0406. The Hall–Kier alpha value is -1.87. The van der Waals surface area contributed by atoms with E-state index in [1.807, 2.05) is 27.7 Å². The van der Waals surface area contributed by atoms with Crippen LogP contribution in [-0.2, 0) is 9.53 Å². The van der Waals surface area contributed by atoms with E-state index in [9.17, 15) is 25.2 Å². The number of aromatic hydroxyl groups is 1. The van der Waals surface area contributed by atoms with Crippen LogP contribution in [0.15, 0.2) is 12.1 Å². The van der Waals surface area contributed by atoms with E-state index in [-0.39, 0.29) is 17.6 Å². The Morgan fingerprint density at radius 2 is 1.50 bits per heavy atom. The first kappa shape index (κ1) is 20.4. The predicted molar refractivity (Wildman–Crippen MR) is 91.2 cm³/mol. The van der Waals surface area contributed by atoms with Crippen LogP contribution in [0.3, 0.4) is 0 Å². The van der Waals surface area contributed by atoms with Gasteiger partial charge in [-0.3, -0.25) is 0 Å². The molecular weight excluding hydrogens is 344 g/mol. The maximum Gasteiger partial charge on any atom is 0.335 e. The van der Waals surface area contributed by atoms with Crippen LogP contribution in [0.25, 0.3) is 0 Å². The maximum atomic E-state index is 11.2. The number of carbonyl (C=O) groups is 1. The lowest BCUT2D eigenvalue weighted by Crippen LogP contribution is -2.61. The summed E-state index contributed by atoms with van der Waals surface area (Å²) in [4.78, 5) is 11.2. The van der Waals surface area contributed by atoms with Crippen molar-refractivity contribution < 1.29 is 39.8 Å². The number of hydrogen-bond acceptors (Lipinski definition) is 7. The lowest BCUT2D eigenvalue weighted by Gasteiger charge is -2.39. The Labute approximate surface area is 151 Å². The van der Waals surface area contributed by atoms with Crippen LogP contribution in [0.2, 0.25) is 0 Å². The summed E-state index contributed by atoms with van der Waals surface area (Å²) in [6, 6.07) is 3.06. The quantitative estimate of drug-likeness (QED) is 0.516. The fraction of sp³-hybridized carbons (Fsp3) is 0.611. The molecule has 146 valence electrons. The minimum atomic E-state index is -1.78. The number of ether oxygens (including phenoxy) is 2. The summed E-state index contributed by atoms with van der Waals surface area (Å²) >= 11 is 0. The second kappa shape index (κ2) is 7.79. The lowest BCUT2D eigenvalue weighted by atomic mass is 9.93. The molecule has 0 amide bonds. The van der Waals surface area contributed by atoms with Gasteiger partial charge in [0, 0.05) is 11.1 Å². The SMILES string of the molecule is CC(C)c1cc(O)cc(C(C)C)c1O[C@@H]1O[C@@H](C(=O)O)[C@@H](O)[C@H](O)[C@@H]1O. The van der Waals surface area contributed by atoms with Crippen molar-refractivity contribution >= 4 is 5.97 Å². The molecule has 1 aliphatic heterocycles. The molecule has 8 nitrogen and oxygen atoms in total. The van der Waals surface area contributed by atoms with Gasteiger partial charge in [0.25, 0.3) is 0 Å². The van der Waals surface area contributed by atoms with Crippen molar-refractivity contribution in [2.45, 2.75) is 70.2 Å². The van der Waals surface area contributed by atoms with Gasteiger partial charge in [0.1, 0.15) is 29.8 Å². The highest BCUT2D eigenvalue weighted by molar-refractivity contribution is 5.73. The molecule has 0 aromatic heterocycles. The summed E-state index contributed by atoms with van der Waals surface area (Å²) in [7, 11) is 0. The van der Waals surface area contributed by atoms with Gasteiger partial charge in [-0.05, 0) is 24.0 Å². The second-order valence-electron chi connectivity index (χ2n) is 7.12. The number of hydrogen-bond donors (Lipinski definition) is 5. The van der Waals surface area contributed by atoms with E-state index in [1.165, 1.54) is 12.1 Å². The minimum Gasteiger partial charge on any atom is -0.508 e. The van der Waals surface area contributed by atoms with Gasteiger partial charge in [0.05, 0.1) is 0 Å². The number of aliphatic hydroxyl groups excluding tert-OH is 3. The van der Waals surface area contributed by atoms with Crippen LogP contribution in [0, 0.1) is 0 Å². The highest BCUT2D eigenvalue weighted by atomic mass is 16.7. The molecular formula is C18H26O8. The fourth-order valence-corrected chi connectivity index (χ4v) is 2.92. The number of aliphatic hydroxyl groups is 3. The lowest BCUT2D eigenvalue weighted by molar-refractivity contribution is -0.271. The molecule has 8 heteroatoms. The van der Waals surface area contributed by atoms with Crippen molar-refractivity contribution in [3.05, 3.63) is 23.3 Å². The number of rotatable bonds is 5. The van der Waals surface area contributed by atoms with Crippen LogP contribution in [0.4, 0.5) is 0 Å². The van der Waals surface area contributed by atoms with Crippen LogP contribution < -0.4 is 4.74 Å². The normalized spacial score (nSPS) is 29.2. The Morgan fingerprint density at radius 1 is 1.00 bits per heavy atom. The zero-order valence-electron chi connectivity index (χ0n) is 15.2. The van der Waals surface area contributed by atoms with Crippen molar-refractivity contribution in [3.8, 4) is 11.5 Å². The third-order valence-corrected chi connectivity index (χ3v) is 4.42. The molecule has 2 rings (SSSR count). The van der Waals surface area contributed by atoms with E-state index in [0.717, 1.165) is 0 Å². The molecule has 1 fully saturated rings. The third kappa shape index (κ3) is 3.93. The standard InChI is InChI=1S/C18H26O8/c1-7(2)10-5-9(19)6-11(8(3)4)15(10)25-18-14(22)12(20)13(21)16(26-18)17(23)24/h5-8,12-14,16,18-22H,1-4H3,(H,23,24)/t12-,13-,14-,16+,18+/m0/s1. The van der Waals surface area contributed by atoms with Crippen molar-refractivity contribution in [1.29, 1.82) is 0 Å². The van der Waals surface area contributed by atoms with Gasteiger partial charge in [-0.1, -0.05) is 27.7 Å². The topological polar surface area (TPSA) is 137 Å². The Balaban J connectivity index is 2.44. The number of carboxylic acids is 1. The summed E-state index contributed by atoms with van der Waals surface area (Å²) in [5.74, 6) is -1.14. The smallest absolute Gasteiger partial charge is 0.335 e. The molecule has 0 spiro atoms. The van der Waals surface area contributed by atoms with Crippen molar-refractivity contribution in [3.63, 3.8) is 0 Å². The molecule has 1 aromatic carbocycles. The van der Waals surface area contributed by atoms with E-state index in [0.29, 0.717) is 16.9 Å². The first-order valence-electron chi connectivity index (χ1n) is 8.50. The van der Waals surface area contributed by atoms with E-state index >= 15 is 0 Å². The average Bonchev–Trinajstić information content (AvgIpc) is 2.55. The van der Waals surface area contributed by atoms with Crippen molar-refractivity contribution in [2.75, 3.05) is 0 Å². The third-order valence-electron chi connectivity index (χ3n) is 4.42. The molecule has 5 atom stereocenters. The number of aliphatic carboxylic acids is 1. The van der Waals surface area contributed by atoms with Gasteiger partial charge < -0.3 is 35.0 Å². The predicted octanol–water partition coefficient (Wildman–Crippen LogP) is 0.910. The van der Waals surface area contributed by atoms with E-state index in [2.05, 4.69) is 0 Å². The summed E-state index contributed by atoms with van der Waals surface area (Å²) in [6.07, 6.45) is -8.39. The first-order chi connectivity index (χ1) is 12.0. The number of phenolic OH excluding ortho intramolecular Hbond substituents is 1. The van der Waals surface area contributed by atoms with Crippen LogP contribution in [0.5, 0.6) is 11.5 Å². The van der Waals surface area contributed by atoms with Gasteiger partial charge in [-0.25, -0.2) is 4.79 Å². The summed E-state index contributed by atoms with van der Waals surface area (Å²) in [5.41, 5.74) is 1.30. The van der Waals surface area contributed by atoms with E-state index in [1.54, 1.807) is 0 Å². The Kier molecular flexibility index (Phi) is 6.13. The van der Waals surface area contributed by atoms with E-state index < -0.39 is 36.7 Å². The molecule has 1 saturated heterocycles. The molecule has 26 heavy (non-hydrogen) atoms. The molecule has 1 aromatic rings. The Morgan fingerprint density at radius 3 is 1.92 bits per heavy atom. The van der Waals surface area contributed by atoms with Crippen molar-refractivity contribution in [1.82, 2.24) is 0 Å². The van der Waals surface area contributed by atoms with Gasteiger partial charge >= 0.3 is 5.97 Å². The van der Waals surface area contributed by atoms with E-state index in [4.69, 9.17) is 14.6 Å². The summed E-state index contributed by atoms with van der Waals surface area (Å²) in [5, 5.41) is 49.0. The highest BCUT2D eigenvalue weighted by Gasteiger charge is 2.48. The maximum absolute atomic E-state index is 11.2. The van der Waals surface area contributed by atoms with Gasteiger partial charge in [0.2, 0.25) is 6.29 Å². The zero-order valence-corrected chi connectivity index (χ0v) is 15.2. The van der Waals surface area contributed by atoms with Crippen LogP contribution in [0.1, 0.15) is 50.7 Å². The largest absolute Gasteiger partial charge is 0.508 e. The molecule has 1 heterocycles. The molecule has 0 aliphatic carbocycles. The molecule has 0 unspecified atom stereocenters. The zero-order chi connectivity index (χ0) is 19.8. The number of carboxylic acid groups (broad SMARTS) is 1. The number of phenols is 1. The van der Waals surface area contributed by atoms with Gasteiger partial charge in [0.15, 0.2) is 6.10 Å². The summed E-state index contributed by atoms with van der Waals surface area (Å²) < 4.78 is 11.0. The fourth-order valence-electron chi connectivity index (χ4n) is 2.92. The molecule has 5 N–H and O–H groups in total. The molecule has 0 saturated carbocycles. The molecule has 0 bridgehead atoms. The molecule has 1 aliphatic rings. The first-order valence-corrected chi connectivity index (χ1v) is 8.50. The van der Waals surface area contributed by atoms with Gasteiger partial charge in [-0.15, -0.1) is 0 Å². The number of benzene rings is 1. The van der Waals surface area contributed by atoms with Gasteiger partial charge in [-0.2, -0.15) is 0 Å². The second-order valence-corrected chi connectivity index (χ2v) is 7.12. The van der Waals surface area contributed by atoms with Crippen molar-refractivity contribution in [2.24, 2.45) is 0 Å². The summed E-state index contributed by atoms with van der Waals surface area (Å²) in [6.45, 7) is 7.57. The van der Waals surface area contributed by atoms with Crippen LogP contribution in [-0.4, -0.2) is 62.2 Å². The average molecular weight is 370 g/mol.